The molecule has 0 saturated heterocycles. The van der Waals surface area contributed by atoms with Gasteiger partial charge in [-0.05, 0) is 12.8 Å². The van der Waals surface area contributed by atoms with Gasteiger partial charge in [0, 0.05) is 0 Å². The zero-order valence-electron chi connectivity index (χ0n) is 54.9. The van der Waals surface area contributed by atoms with E-state index in [1.54, 1.807) is 0 Å². The Labute approximate surface area is 502 Å². The van der Waals surface area contributed by atoms with Crippen molar-refractivity contribution in [1.82, 2.24) is 5.32 Å². The number of aliphatic hydroxyl groups excluding tert-OH is 4. The standard InChI is InChI=1S/C74H149NO5/c1-3-5-7-9-11-13-15-17-19-21-23-25-27-29-31-33-34-35-36-37-38-39-40-42-44-46-48-50-52-54-56-58-60-62-64-66-68-72(78)74(80)75-70(69-76)73(79)71(77)67-65-63-61-59-57-55-53-51-49-47-45-43-41-32-30-28-26-24-22-20-18-16-14-12-10-8-6-4-2/h70-73,76-79H,3-69H2,1-2H3,(H,75,80). The molecule has 4 atom stereocenters. The van der Waals surface area contributed by atoms with Crippen molar-refractivity contribution >= 4 is 5.91 Å². The lowest BCUT2D eigenvalue weighted by Gasteiger charge is -2.27. The number of hydrogen-bond acceptors (Lipinski definition) is 5. The highest BCUT2D eigenvalue weighted by atomic mass is 16.3. The summed E-state index contributed by atoms with van der Waals surface area (Å²) < 4.78 is 0. The summed E-state index contributed by atoms with van der Waals surface area (Å²) in [4.78, 5) is 12.7. The Bertz CT molecular complexity index is 1140. The van der Waals surface area contributed by atoms with E-state index in [-0.39, 0.29) is 0 Å². The summed E-state index contributed by atoms with van der Waals surface area (Å²) in [6.45, 7) is 4.13. The van der Waals surface area contributed by atoms with Gasteiger partial charge in [-0.25, -0.2) is 0 Å². The van der Waals surface area contributed by atoms with Crippen LogP contribution in [-0.2, 0) is 4.79 Å². The molecule has 0 aliphatic carbocycles. The SMILES string of the molecule is CCCCCCCCCCCCCCCCCCCCCCCCCCCCCCCCCCCCCCC(O)C(=O)NC(CO)C(O)C(O)CCCCCCCCCCCCCCCCCCCCCCCCCCCCCC. The van der Waals surface area contributed by atoms with Crippen LogP contribution in [0.15, 0.2) is 0 Å². The van der Waals surface area contributed by atoms with Crippen molar-refractivity contribution in [3.8, 4) is 0 Å². The van der Waals surface area contributed by atoms with E-state index in [0.717, 1.165) is 38.5 Å². The molecule has 0 aromatic heterocycles. The van der Waals surface area contributed by atoms with Crippen LogP contribution in [0.2, 0.25) is 0 Å². The molecule has 0 aromatic rings. The highest BCUT2D eigenvalue weighted by molar-refractivity contribution is 5.80. The Balaban J connectivity index is 3.47. The molecule has 0 saturated carbocycles. The third-order valence-electron chi connectivity index (χ3n) is 18.3. The molecule has 5 N–H and O–H groups in total. The molecule has 480 valence electrons. The van der Waals surface area contributed by atoms with Crippen molar-refractivity contribution in [3.63, 3.8) is 0 Å². The highest BCUT2D eigenvalue weighted by Gasteiger charge is 2.29. The van der Waals surface area contributed by atoms with Crippen molar-refractivity contribution in [2.24, 2.45) is 0 Å². The first-order chi connectivity index (χ1) is 39.5. The molecule has 0 rings (SSSR count). The van der Waals surface area contributed by atoms with Crippen LogP contribution in [0.4, 0.5) is 0 Å². The van der Waals surface area contributed by atoms with Gasteiger partial charge >= 0.3 is 0 Å². The number of carbonyl (C=O) groups is 1. The summed E-state index contributed by atoms with van der Waals surface area (Å²) in [5.74, 6) is -0.572. The van der Waals surface area contributed by atoms with E-state index >= 15 is 0 Å². The third-order valence-corrected chi connectivity index (χ3v) is 18.3. The lowest BCUT2D eigenvalue weighted by atomic mass is 9.99. The minimum absolute atomic E-state index is 0.377. The fraction of sp³-hybridized carbons (Fsp3) is 0.986. The van der Waals surface area contributed by atoms with E-state index in [2.05, 4.69) is 19.2 Å². The molecular formula is C74H149NO5. The summed E-state index contributed by atoms with van der Waals surface area (Å²) in [5, 5.41) is 44.3. The second-order valence-electron chi connectivity index (χ2n) is 26.4. The molecule has 0 heterocycles. The fourth-order valence-corrected chi connectivity index (χ4v) is 12.5. The lowest BCUT2D eigenvalue weighted by molar-refractivity contribution is -0.132. The lowest BCUT2D eigenvalue weighted by Crippen LogP contribution is -2.53. The zero-order valence-corrected chi connectivity index (χ0v) is 54.9. The second-order valence-corrected chi connectivity index (χ2v) is 26.4. The average molecular weight is 1130 g/mol. The predicted octanol–water partition coefficient (Wildman–Crippen LogP) is 23.3. The summed E-state index contributed by atoms with van der Waals surface area (Å²) in [6.07, 6.45) is 85.4. The van der Waals surface area contributed by atoms with Gasteiger partial charge in [0.25, 0.3) is 0 Å². The zero-order chi connectivity index (χ0) is 58.0. The topological polar surface area (TPSA) is 110 Å². The quantitative estimate of drug-likeness (QED) is 0.0390. The highest BCUT2D eigenvalue weighted by Crippen LogP contribution is 2.21. The van der Waals surface area contributed by atoms with Gasteiger partial charge in [-0.2, -0.15) is 0 Å². The Hall–Kier alpha value is -0.690. The van der Waals surface area contributed by atoms with Gasteiger partial charge in [-0.15, -0.1) is 0 Å². The molecule has 0 aromatic carbocycles. The average Bonchev–Trinajstić information content (AvgIpc) is 3.46. The van der Waals surface area contributed by atoms with Crippen molar-refractivity contribution in [2.75, 3.05) is 6.61 Å². The molecule has 1 amide bonds. The largest absolute Gasteiger partial charge is 0.394 e. The predicted molar refractivity (Wildman–Crippen MR) is 353 cm³/mol. The monoisotopic (exact) mass is 1130 g/mol. The number of hydrogen-bond donors (Lipinski definition) is 5. The molecule has 6 heteroatoms. The van der Waals surface area contributed by atoms with Crippen molar-refractivity contribution in [2.45, 2.75) is 462 Å². The Kier molecular flexibility index (Phi) is 68.5. The van der Waals surface area contributed by atoms with Gasteiger partial charge in [0.1, 0.15) is 12.2 Å². The van der Waals surface area contributed by atoms with Gasteiger partial charge in [-0.1, -0.05) is 425 Å². The molecule has 0 spiro atoms. The van der Waals surface area contributed by atoms with E-state index in [1.165, 1.54) is 372 Å². The van der Waals surface area contributed by atoms with Crippen LogP contribution in [0, 0.1) is 0 Å². The van der Waals surface area contributed by atoms with Crippen LogP contribution in [0.25, 0.3) is 0 Å². The van der Waals surface area contributed by atoms with E-state index in [0.29, 0.717) is 12.8 Å². The Morgan fingerprint density at radius 2 is 0.425 bits per heavy atom. The summed E-state index contributed by atoms with van der Waals surface area (Å²) in [6, 6.07) is -0.983. The smallest absolute Gasteiger partial charge is 0.249 e. The molecule has 0 bridgehead atoms. The van der Waals surface area contributed by atoms with E-state index in [1.807, 2.05) is 0 Å². The van der Waals surface area contributed by atoms with Crippen LogP contribution in [-0.4, -0.2) is 57.3 Å². The second kappa shape index (κ2) is 69.1. The van der Waals surface area contributed by atoms with E-state index < -0.39 is 36.9 Å². The van der Waals surface area contributed by atoms with Gasteiger partial charge in [0.05, 0.1) is 18.8 Å². The fourth-order valence-electron chi connectivity index (χ4n) is 12.5. The van der Waals surface area contributed by atoms with Crippen molar-refractivity contribution in [1.29, 1.82) is 0 Å². The van der Waals surface area contributed by atoms with E-state index in [9.17, 15) is 25.2 Å². The first-order valence-corrected chi connectivity index (χ1v) is 37.4. The molecule has 0 radical (unpaired) electrons. The number of amides is 1. The maximum atomic E-state index is 12.7. The molecule has 0 aliphatic heterocycles. The third kappa shape index (κ3) is 61.9. The molecular weight excluding hydrogens is 983 g/mol. The van der Waals surface area contributed by atoms with E-state index in [4.69, 9.17) is 0 Å². The minimum atomic E-state index is -1.26. The molecule has 0 fully saturated rings. The first-order valence-electron chi connectivity index (χ1n) is 37.4. The normalized spacial score (nSPS) is 13.3. The van der Waals surface area contributed by atoms with Gasteiger partial charge < -0.3 is 25.7 Å². The van der Waals surface area contributed by atoms with Crippen LogP contribution < -0.4 is 5.32 Å². The summed E-state index contributed by atoms with van der Waals surface area (Å²) >= 11 is 0. The van der Waals surface area contributed by atoms with Gasteiger partial charge in [0.2, 0.25) is 5.91 Å². The Morgan fingerprint density at radius 3 is 0.600 bits per heavy atom. The van der Waals surface area contributed by atoms with Gasteiger partial charge in [0.15, 0.2) is 0 Å². The number of unbranched alkanes of at least 4 members (excludes halogenated alkanes) is 62. The Morgan fingerprint density at radius 1 is 0.263 bits per heavy atom. The van der Waals surface area contributed by atoms with Crippen LogP contribution in [0.3, 0.4) is 0 Å². The van der Waals surface area contributed by atoms with Crippen LogP contribution in [0.5, 0.6) is 0 Å². The van der Waals surface area contributed by atoms with Crippen LogP contribution in [0.1, 0.15) is 438 Å². The van der Waals surface area contributed by atoms with Crippen LogP contribution >= 0.6 is 0 Å². The number of carbonyl (C=O) groups excluding carboxylic acids is 1. The summed E-state index contributed by atoms with van der Waals surface area (Å²) in [7, 11) is 0. The number of nitrogens with one attached hydrogen (secondary N) is 1. The molecule has 0 aliphatic rings. The minimum Gasteiger partial charge on any atom is -0.394 e. The first kappa shape index (κ1) is 79.3. The molecule has 80 heavy (non-hydrogen) atoms. The summed E-state index contributed by atoms with van der Waals surface area (Å²) in [5.41, 5.74) is 0. The van der Waals surface area contributed by atoms with Crippen molar-refractivity contribution in [3.05, 3.63) is 0 Å². The van der Waals surface area contributed by atoms with Gasteiger partial charge in [-0.3, -0.25) is 4.79 Å². The molecule has 4 unspecified atom stereocenters. The maximum Gasteiger partial charge on any atom is 0.249 e. The number of rotatable bonds is 71. The molecule has 6 nitrogen and oxygen atoms in total. The maximum absolute atomic E-state index is 12.7. The van der Waals surface area contributed by atoms with Crippen molar-refractivity contribution < 1.29 is 25.2 Å². The number of aliphatic hydroxyl groups is 4.